The molecule has 0 saturated carbocycles. The Labute approximate surface area is 119 Å². The van der Waals surface area contributed by atoms with Crippen molar-refractivity contribution in [2.75, 3.05) is 18.0 Å². The van der Waals surface area contributed by atoms with Crippen LogP contribution in [0.15, 0.2) is 4.47 Å². The van der Waals surface area contributed by atoms with E-state index in [-0.39, 0.29) is 5.91 Å². The van der Waals surface area contributed by atoms with E-state index in [9.17, 15) is 4.79 Å². The quantitative estimate of drug-likeness (QED) is 0.805. The monoisotopic (exact) mass is 329 g/mol. The number of hydrogen-bond acceptors (Lipinski definition) is 3. The van der Waals surface area contributed by atoms with Crippen LogP contribution in [0, 0.1) is 0 Å². The van der Waals surface area contributed by atoms with E-state index in [1.54, 1.807) is 0 Å². The molecule has 96 valence electrons. The number of carbonyl (C=O) groups is 1. The largest absolute Gasteiger partial charge is 0.356 e. The molecule has 1 saturated heterocycles. The van der Waals surface area contributed by atoms with Crippen LogP contribution in [-0.4, -0.2) is 24.0 Å². The minimum absolute atomic E-state index is 0.0459. The molecular formula is C12H13BrClN3O. The van der Waals surface area contributed by atoms with Crippen molar-refractivity contribution in [3.05, 3.63) is 20.8 Å². The summed E-state index contributed by atoms with van der Waals surface area (Å²) in [5, 5.41) is 3.27. The molecule has 1 fully saturated rings. The molecule has 18 heavy (non-hydrogen) atoms. The Bertz CT molecular complexity index is 515. The van der Waals surface area contributed by atoms with Gasteiger partial charge in [-0.1, -0.05) is 11.6 Å². The van der Waals surface area contributed by atoms with Gasteiger partial charge in [0.05, 0.1) is 10.0 Å². The van der Waals surface area contributed by atoms with Crippen molar-refractivity contribution in [2.24, 2.45) is 0 Å². The maximum Gasteiger partial charge on any atom is 0.255 e. The van der Waals surface area contributed by atoms with E-state index in [1.165, 1.54) is 6.42 Å². The van der Waals surface area contributed by atoms with Crippen LogP contribution < -0.4 is 10.2 Å². The molecule has 0 aliphatic carbocycles. The molecule has 1 amide bonds. The first kappa shape index (κ1) is 12.2. The zero-order valence-electron chi connectivity index (χ0n) is 9.80. The van der Waals surface area contributed by atoms with Crippen LogP contribution in [0.2, 0.25) is 5.15 Å². The number of pyridine rings is 1. The van der Waals surface area contributed by atoms with Crippen LogP contribution >= 0.6 is 27.5 Å². The molecule has 0 radical (unpaired) electrons. The summed E-state index contributed by atoms with van der Waals surface area (Å²) in [6.45, 7) is 2.42. The number of aromatic nitrogens is 1. The highest BCUT2D eigenvalue weighted by Crippen LogP contribution is 2.36. The third-order valence-corrected chi connectivity index (χ3v) is 4.84. The first-order chi connectivity index (χ1) is 8.68. The third-order valence-electron chi connectivity index (χ3n) is 3.48. The van der Waals surface area contributed by atoms with Gasteiger partial charge in [-0.3, -0.25) is 4.79 Å². The van der Waals surface area contributed by atoms with E-state index in [0.29, 0.717) is 17.3 Å². The highest BCUT2D eigenvalue weighted by molar-refractivity contribution is 9.10. The number of piperidine rings is 1. The highest BCUT2D eigenvalue weighted by atomic mass is 79.9. The van der Waals surface area contributed by atoms with Crippen molar-refractivity contribution >= 4 is 39.3 Å². The average molecular weight is 331 g/mol. The average Bonchev–Trinajstić information content (AvgIpc) is 2.77. The molecule has 3 rings (SSSR count). The fourth-order valence-electron chi connectivity index (χ4n) is 2.56. The molecule has 2 aliphatic rings. The van der Waals surface area contributed by atoms with E-state index in [1.807, 2.05) is 0 Å². The second-order valence-electron chi connectivity index (χ2n) is 4.62. The van der Waals surface area contributed by atoms with E-state index in [4.69, 9.17) is 11.6 Å². The van der Waals surface area contributed by atoms with Gasteiger partial charge < -0.3 is 10.2 Å². The van der Waals surface area contributed by atoms with Gasteiger partial charge in [-0.2, -0.15) is 0 Å². The smallest absolute Gasteiger partial charge is 0.255 e. The van der Waals surface area contributed by atoms with Gasteiger partial charge in [0.2, 0.25) is 0 Å². The summed E-state index contributed by atoms with van der Waals surface area (Å²) >= 11 is 9.55. The highest BCUT2D eigenvalue weighted by Gasteiger charge is 2.30. The fourth-order valence-corrected chi connectivity index (χ4v) is 3.18. The van der Waals surface area contributed by atoms with Gasteiger partial charge in [0, 0.05) is 25.2 Å². The van der Waals surface area contributed by atoms with Gasteiger partial charge in [0.1, 0.15) is 11.0 Å². The number of carbonyl (C=O) groups excluding carboxylic acids is 1. The van der Waals surface area contributed by atoms with Crippen LogP contribution in [0.1, 0.15) is 35.2 Å². The van der Waals surface area contributed by atoms with Crippen molar-refractivity contribution < 1.29 is 4.79 Å². The Morgan fingerprint density at radius 3 is 2.72 bits per heavy atom. The van der Waals surface area contributed by atoms with E-state index < -0.39 is 0 Å². The summed E-state index contributed by atoms with van der Waals surface area (Å²) in [5.74, 6) is 0.698. The molecule has 2 aliphatic heterocycles. The molecule has 1 aromatic rings. The lowest BCUT2D eigenvalue weighted by atomic mass is 10.1. The van der Waals surface area contributed by atoms with Gasteiger partial charge in [-0.15, -0.1) is 0 Å². The molecule has 0 bridgehead atoms. The van der Waals surface area contributed by atoms with Crippen LogP contribution in [-0.2, 0) is 6.54 Å². The fraction of sp³-hybridized carbons (Fsp3) is 0.500. The molecule has 1 aromatic heterocycles. The van der Waals surface area contributed by atoms with Crippen molar-refractivity contribution in [3.8, 4) is 0 Å². The Balaban J connectivity index is 2.11. The van der Waals surface area contributed by atoms with Crippen LogP contribution in [0.4, 0.5) is 5.82 Å². The van der Waals surface area contributed by atoms with Crippen molar-refractivity contribution in [1.82, 2.24) is 10.3 Å². The maximum absolute atomic E-state index is 12.0. The molecule has 1 N–H and O–H groups in total. The zero-order valence-corrected chi connectivity index (χ0v) is 12.1. The van der Waals surface area contributed by atoms with Crippen LogP contribution in [0.5, 0.6) is 0 Å². The van der Waals surface area contributed by atoms with E-state index in [0.717, 1.165) is 41.8 Å². The number of hydrogen-bond donors (Lipinski definition) is 1. The zero-order chi connectivity index (χ0) is 12.7. The Kier molecular flexibility index (Phi) is 3.20. The molecule has 0 atom stereocenters. The molecular weight excluding hydrogens is 318 g/mol. The maximum atomic E-state index is 12.0. The first-order valence-electron chi connectivity index (χ1n) is 6.09. The number of anilines is 1. The minimum atomic E-state index is -0.0459. The van der Waals surface area contributed by atoms with E-state index in [2.05, 4.69) is 31.1 Å². The Hall–Kier alpha value is -0.810. The summed E-state index contributed by atoms with van der Waals surface area (Å²) in [6.07, 6.45) is 3.53. The minimum Gasteiger partial charge on any atom is -0.356 e. The summed E-state index contributed by atoms with van der Waals surface area (Å²) in [7, 11) is 0. The predicted molar refractivity (Wildman–Crippen MR) is 74.2 cm³/mol. The summed E-state index contributed by atoms with van der Waals surface area (Å²) in [6, 6.07) is 0. The van der Waals surface area contributed by atoms with Crippen molar-refractivity contribution in [1.29, 1.82) is 0 Å². The number of halogens is 2. The van der Waals surface area contributed by atoms with Gasteiger partial charge in [-0.25, -0.2) is 4.98 Å². The number of fused-ring (bicyclic) bond motifs is 1. The number of nitrogens with one attached hydrogen (secondary N) is 1. The van der Waals surface area contributed by atoms with Gasteiger partial charge in [0.25, 0.3) is 5.91 Å². The van der Waals surface area contributed by atoms with E-state index >= 15 is 0 Å². The standard InChI is InChI=1S/C12H13BrClN3O/c13-9-7-6-15-12(18)8(7)11(16-10(9)14)17-4-2-1-3-5-17/h1-6H2,(H,15,18). The summed E-state index contributed by atoms with van der Waals surface area (Å²) in [4.78, 5) is 18.5. The van der Waals surface area contributed by atoms with Crippen molar-refractivity contribution in [2.45, 2.75) is 25.8 Å². The molecule has 0 unspecified atom stereocenters. The lowest BCUT2D eigenvalue weighted by molar-refractivity contribution is 0.0966. The predicted octanol–water partition coefficient (Wildman–Crippen LogP) is 2.73. The Morgan fingerprint density at radius 1 is 1.28 bits per heavy atom. The topological polar surface area (TPSA) is 45.2 Å². The van der Waals surface area contributed by atoms with Crippen LogP contribution in [0.25, 0.3) is 0 Å². The second kappa shape index (κ2) is 4.70. The van der Waals surface area contributed by atoms with Crippen LogP contribution in [0.3, 0.4) is 0 Å². The molecule has 0 aromatic carbocycles. The SMILES string of the molecule is O=C1NCc2c(Br)c(Cl)nc(N3CCCCC3)c21. The van der Waals surface area contributed by atoms with Crippen molar-refractivity contribution in [3.63, 3.8) is 0 Å². The summed E-state index contributed by atoms with van der Waals surface area (Å²) < 4.78 is 0.735. The van der Waals surface area contributed by atoms with Gasteiger partial charge >= 0.3 is 0 Å². The molecule has 0 spiro atoms. The number of rotatable bonds is 1. The lowest BCUT2D eigenvalue weighted by Gasteiger charge is -2.29. The normalized spacial score (nSPS) is 18.8. The molecule has 4 nitrogen and oxygen atoms in total. The van der Waals surface area contributed by atoms with Gasteiger partial charge in [-0.05, 0) is 35.2 Å². The molecule has 3 heterocycles. The molecule has 6 heteroatoms. The third kappa shape index (κ3) is 1.89. The number of nitrogens with zero attached hydrogens (tertiary/aromatic N) is 2. The lowest BCUT2D eigenvalue weighted by Crippen LogP contribution is -2.32. The number of amides is 1. The van der Waals surface area contributed by atoms with Gasteiger partial charge in [0.15, 0.2) is 0 Å². The Morgan fingerprint density at radius 2 is 2.00 bits per heavy atom. The first-order valence-corrected chi connectivity index (χ1v) is 7.26. The second-order valence-corrected chi connectivity index (χ2v) is 5.78. The summed E-state index contributed by atoms with van der Waals surface area (Å²) in [5.41, 5.74) is 1.62.